The van der Waals surface area contributed by atoms with Gasteiger partial charge >= 0.3 is 0 Å². The van der Waals surface area contributed by atoms with E-state index >= 15 is 0 Å². The Morgan fingerprint density at radius 2 is 2.18 bits per heavy atom. The maximum atomic E-state index is 13.0. The number of hydrogen-bond donors (Lipinski definition) is 1. The first-order valence-corrected chi connectivity index (χ1v) is 6.37. The molecule has 2 rings (SSSR count). The molecule has 0 aliphatic heterocycles. The molecule has 0 aliphatic rings. The molecular weight excluding hydrogens is 259 g/mol. The Hall–Kier alpha value is -1.13. The number of aryl methyl sites for hydroxylation is 2. The van der Waals surface area contributed by atoms with E-state index in [4.69, 9.17) is 11.6 Å². The van der Waals surface area contributed by atoms with Crippen LogP contribution in [0.3, 0.4) is 0 Å². The highest BCUT2D eigenvalue weighted by atomic mass is 35.5. The average Bonchev–Trinajstić information content (AvgIpc) is 2.59. The van der Waals surface area contributed by atoms with Gasteiger partial charge in [-0.3, -0.25) is 0 Å². The number of nitrogens with zero attached hydrogens (tertiary/aromatic N) is 1. The molecule has 2 nitrogen and oxygen atoms in total. The molecule has 0 radical (unpaired) electrons. The van der Waals surface area contributed by atoms with Crippen molar-refractivity contribution < 1.29 is 4.39 Å². The second kappa shape index (κ2) is 5.02. The maximum Gasteiger partial charge on any atom is 0.125 e. The summed E-state index contributed by atoms with van der Waals surface area (Å²) in [6, 6.07) is 4.28. The second-order valence-electron chi connectivity index (χ2n) is 3.72. The van der Waals surface area contributed by atoms with Crippen molar-refractivity contribution in [1.29, 1.82) is 0 Å². The predicted molar refractivity (Wildman–Crippen MR) is 70.3 cm³/mol. The number of hydrogen-bond acceptors (Lipinski definition) is 3. The minimum atomic E-state index is -0.297. The molecule has 1 aromatic carbocycles. The molecule has 2 aromatic rings. The van der Waals surface area contributed by atoms with Gasteiger partial charge in [-0.2, -0.15) is 0 Å². The summed E-state index contributed by atoms with van der Waals surface area (Å²) in [7, 11) is 0. The van der Waals surface area contributed by atoms with Crippen molar-refractivity contribution in [2.75, 3.05) is 5.32 Å². The Labute approximate surface area is 108 Å². The molecule has 0 amide bonds. The third kappa shape index (κ3) is 2.96. The number of aromatic nitrogens is 1. The zero-order valence-corrected chi connectivity index (χ0v) is 11.1. The summed E-state index contributed by atoms with van der Waals surface area (Å²) in [6.45, 7) is 4.55. The normalized spacial score (nSPS) is 10.6. The van der Waals surface area contributed by atoms with E-state index < -0.39 is 0 Å². The van der Waals surface area contributed by atoms with Gasteiger partial charge in [0.2, 0.25) is 0 Å². The van der Waals surface area contributed by atoms with E-state index in [2.05, 4.69) is 10.3 Å². The lowest BCUT2D eigenvalue weighted by atomic mass is 10.3. The number of rotatable bonds is 3. The van der Waals surface area contributed by atoms with Gasteiger partial charge in [0, 0.05) is 4.88 Å². The first kappa shape index (κ1) is 12.3. The fraction of sp³-hybridized carbons (Fsp3) is 0.250. The molecule has 0 bridgehead atoms. The first-order valence-electron chi connectivity index (χ1n) is 5.18. The predicted octanol–water partition coefficient (Wildman–Crippen LogP) is 4.16. The van der Waals surface area contributed by atoms with Crippen LogP contribution in [0.15, 0.2) is 18.2 Å². The van der Waals surface area contributed by atoms with Crippen molar-refractivity contribution in [3.8, 4) is 0 Å². The molecule has 0 unspecified atom stereocenters. The molecule has 1 aromatic heterocycles. The Morgan fingerprint density at radius 3 is 2.82 bits per heavy atom. The lowest BCUT2D eigenvalue weighted by molar-refractivity contribution is 0.628. The van der Waals surface area contributed by atoms with Gasteiger partial charge in [-0.15, -0.1) is 11.3 Å². The van der Waals surface area contributed by atoms with E-state index in [1.165, 1.54) is 12.1 Å². The number of benzene rings is 1. The van der Waals surface area contributed by atoms with Crippen LogP contribution in [0.4, 0.5) is 10.1 Å². The lowest BCUT2D eigenvalue weighted by Crippen LogP contribution is -2.00. The molecule has 90 valence electrons. The van der Waals surface area contributed by atoms with Gasteiger partial charge in [0.25, 0.3) is 0 Å². The van der Waals surface area contributed by atoms with Gasteiger partial charge in [-0.05, 0) is 32.0 Å². The van der Waals surface area contributed by atoms with Crippen LogP contribution in [-0.2, 0) is 6.54 Å². The van der Waals surface area contributed by atoms with Crippen LogP contribution in [0.5, 0.6) is 0 Å². The first-order chi connectivity index (χ1) is 8.06. The molecule has 0 atom stereocenters. The third-order valence-corrected chi connectivity index (χ3v) is 3.77. The molecule has 1 N–H and O–H groups in total. The summed E-state index contributed by atoms with van der Waals surface area (Å²) >= 11 is 7.60. The SMILES string of the molecule is Cc1nc(C)c(CNc2cc(F)ccc2Cl)s1. The van der Waals surface area contributed by atoms with Crippen molar-refractivity contribution >= 4 is 28.6 Å². The highest BCUT2D eigenvalue weighted by Crippen LogP contribution is 2.24. The Bertz CT molecular complexity index is 539. The zero-order chi connectivity index (χ0) is 12.4. The molecule has 0 saturated heterocycles. The topological polar surface area (TPSA) is 24.9 Å². The van der Waals surface area contributed by atoms with Crippen LogP contribution in [0, 0.1) is 19.7 Å². The minimum absolute atomic E-state index is 0.297. The van der Waals surface area contributed by atoms with Crippen LogP contribution in [0.25, 0.3) is 0 Å². The van der Waals surface area contributed by atoms with Crippen molar-refractivity contribution in [3.63, 3.8) is 0 Å². The summed E-state index contributed by atoms with van der Waals surface area (Å²) in [5.41, 5.74) is 1.62. The smallest absolute Gasteiger partial charge is 0.125 e. The van der Waals surface area contributed by atoms with E-state index in [1.54, 1.807) is 17.4 Å². The third-order valence-electron chi connectivity index (χ3n) is 2.37. The van der Waals surface area contributed by atoms with E-state index in [1.807, 2.05) is 13.8 Å². The van der Waals surface area contributed by atoms with Crippen molar-refractivity contribution in [2.45, 2.75) is 20.4 Å². The summed E-state index contributed by atoms with van der Waals surface area (Å²) < 4.78 is 13.0. The zero-order valence-electron chi connectivity index (χ0n) is 9.55. The molecule has 5 heteroatoms. The van der Waals surface area contributed by atoms with Gasteiger partial charge in [0.15, 0.2) is 0 Å². The number of anilines is 1. The fourth-order valence-corrected chi connectivity index (χ4v) is 2.61. The standard InChI is InChI=1S/C12H12ClFN2S/c1-7-12(17-8(2)16-7)6-15-11-5-9(14)3-4-10(11)13/h3-5,15H,6H2,1-2H3. The Balaban J connectivity index is 2.12. The van der Waals surface area contributed by atoms with Crippen molar-refractivity contribution in [3.05, 3.63) is 44.6 Å². The van der Waals surface area contributed by atoms with Gasteiger partial charge in [0.1, 0.15) is 5.82 Å². The van der Waals surface area contributed by atoms with Crippen molar-refractivity contribution in [1.82, 2.24) is 4.98 Å². The van der Waals surface area contributed by atoms with E-state index in [0.717, 1.165) is 15.6 Å². The molecule has 0 aliphatic carbocycles. The molecule has 0 spiro atoms. The summed E-state index contributed by atoms with van der Waals surface area (Å²) in [5, 5.41) is 4.67. The fourth-order valence-electron chi connectivity index (χ4n) is 1.55. The van der Waals surface area contributed by atoms with E-state index in [-0.39, 0.29) is 5.82 Å². The number of halogens is 2. The van der Waals surface area contributed by atoms with Crippen LogP contribution >= 0.6 is 22.9 Å². The summed E-state index contributed by atoms with van der Waals surface area (Å²) in [4.78, 5) is 5.48. The highest BCUT2D eigenvalue weighted by molar-refractivity contribution is 7.11. The van der Waals surface area contributed by atoms with Gasteiger partial charge in [-0.25, -0.2) is 9.37 Å². The molecule has 0 saturated carbocycles. The van der Waals surface area contributed by atoms with Gasteiger partial charge < -0.3 is 5.32 Å². The summed E-state index contributed by atoms with van der Waals surface area (Å²) in [5.74, 6) is -0.297. The summed E-state index contributed by atoms with van der Waals surface area (Å²) in [6.07, 6.45) is 0. The van der Waals surface area contributed by atoms with Crippen molar-refractivity contribution in [2.24, 2.45) is 0 Å². The largest absolute Gasteiger partial charge is 0.379 e. The van der Waals surface area contributed by atoms with Gasteiger partial charge in [0.05, 0.1) is 28.0 Å². The van der Waals surface area contributed by atoms with E-state index in [0.29, 0.717) is 17.3 Å². The lowest BCUT2D eigenvalue weighted by Gasteiger charge is -2.07. The van der Waals surface area contributed by atoms with Gasteiger partial charge in [-0.1, -0.05) is 11.6 Å². The van der Waals surface area contributed by atoms with Crippen LogP contribution < -0.4 is 5.32 Å². The molecule has 1 heterocycles. The Kier molecular flexibility index (Phi) is 3.64. The molecular formula is C12H12ClFN2S. The molecule has 0 fully saturated rings. The second-order valence-corrected chi connectivity index (χ2v) is 5.41. The maximum absolute atomic E-state index is 13.0. The molecule has 17 heavy (non-hydrogen) atoms. The minimum Gasteiger partial charge on any atom is -0.379 e. The average molecular weight is 271 g/mol. The van der Waals surface area contributed by atoms with Crippen LogP contribution in [-0.4, -0.2) is 4.98 Å². The number of thiazole rings is 1. The monoisotopic (exact) mass is 270 g/mol. The quantitative estimate of drug-likeness (QED) is 0.906. The van der Waals surface area contributed by atoms with Crippen LogP contribution in [0.1, 0.15) is 15.6 Å². The highest BCUT2D eigenvalue weighted by Gasteiger charge is 2.06. The Morgan fingerprint density at radius 1 is 1.41 bits per heavy atom. The van der Waals surface area contributed by atoms with Crippen LogP contribution in [0.2, 0.25) is 5.02 Å². The van der Waals surface area contributed by atoms with E-state index in [9.17, 15) is 4.39 Å². The number of nitrogens with one attached hydrogen (secondary N) is 1.